The number of hydrogen-bond acceptors (Lipinski definition) is 2. The standard InChI is InChI=1S/C14H8N2O/c15-16-13-8-7-11-10-4-2-1-3-9(10)5-6-12(11)14(13)17/h1-8H/p+1. The van der Waals surface area contributed by atoms with Crippen molar-refractivity contribution in [1.29, 1.82) is 5.39 Å². The molecule has 0 saturated carbocycles. The summed E-state index contributed by atoms with van der Waals surface area (Å²) in [6.07, 6.45) is 0. The molecule has 0 radical (unpaired) electrons. The molecule has 3 aromatic rings. The largest absolute Gasteiger partial charge is 0.501 e. The van der Waals surface area contributed by atoms with Gasteiger partial charge in [0.25, 0.3) is 0 Å². The van der Waals surface area contributed by atoms with Gasteiger partial charge in [0.15, 0.2) is 4.98 Å². The van der Waals surface area contributed by atoms with E-state index in [0.29, 0.717) is 5.39 Å². The molecule has 0 heterocycles. The third kappa shape index (κ3) is 1.31. The number of hydrogen-bond donors (Lipinski definition) is 1. The topological polar surface area (TPSA) is 48.4 Å². The van der Waals surface area contributed by atoms with Gasteiger partial charge in [-0.1, -0.05) is 30.3 Å². The van der Waals surface area contributed by atoms with Crippen LogP contribution in [0.15, 0.2) is 48.5 Å². The van der Waals surface area contributed by atoms with Crippen LogP contribution in [0.5, 0.6) is 5.75 Å². The van der Waals surface area contributed by atoms with Crippen LogP contribution in [0.1, 0.15) is 0 Å². The third-order valence-corrected chi connectivity index (χ3v) is 2.98. The minimum atomic E-state index is 0.00996. The van der Waals surface area contributed by atoms with Crippen molar-refractivity contribution in [3.8, 4) is 5.75 Å². The van der Waals surface area contributed by atoms with Gasteiger partial charge in [-0.2, -0.15) is 0 Å². The number of fused-ring (bicyclic) bond motifs is 3. The number of phenols is 1. The second-order valence-electron chi connectivity index (χ2n) is 3.92. The van der Waals surface area contributed by atoms with Crippen molar-refractivity contribution < 1.29 is 5.11 Å². The maximum atomic E-state index is 9.96. The molecule has 3 heteroatoms. The summed E-state index contributed by atoms with van der Waals surface area (Å²) in [5.41, 5.74) is 0.188. The van der Waals surface area contributed by atoms with Crippen molar-refractivity contribution in [1.82, 2.24) is 0 Å². The van der Waals surface area contributed by atoms with E-state index < -0.39 is 0 Å². The van der Waals surface area contributed by atoms with Crippen LogP contribution in [0.3, 0.4) is 0 Å². The van der Waals surface area contributed by atoms with E-state index in [-0.39, 0.29) is 11.4 Å². The SMILES string of the molecule is N#[N+]c1ccc2c(ccc3ccccc32)c1O. The van der Waals surface area contributed by atoms with E-state index in [1.54, 1.807) is 6.07 Å². The highest BCUT2D eigenvalue weighted by Gasteiger charge is 2.16. The first-order valence-corrected chi connectivity index (χ1v) is 5.30. The lowest BCUT2D eigenvalue weighted by Gasteiger charge is -2.03. The molecule has 0 fully saturated rings. The van der Waals surface area contributed by atoms with Crippen LogP contribution in [0, 0.1) is 5.39 Å². The van der Waals surface area contributed by atoms with Gasteiger partial charge in [0.05, 0.1) is 0 Å². The molecule has 0 atom stereocenters. The number of diazo groups is 1. The molecule has 3 nitrogen and oxygen atoms in total. The van der Waals surface area contributed by atoms with E-state index >= 15 is 0 Å². The van der Waals surface area contributed by atoms with Gasteiger partial charge in [-0.15, -0.1) is 0 Å². The number of benzene rings is 3. The van der Waals surface area contributed by atoms with Gasteiger partial charge in [-0.3, -0.25) is 0 Å². The first kappa shape index (κ1) is 9.61. The van der Waals surface area contributed by atoms with Gasteiger partial charge in [-0.25, -0.2) is 0 Å². The minimum Gasteiger partial charge on any atom is -0.501 e. The van der Waals surface area contributed by atoms with Crippen molar-refractivity contribution in [3.05, 3.63) is 53.5 Å². The van der Waals surface area contributed by atoms with Gasteiger partial charge in [0, 0.05) is 11.5 Å². The summed E-state index contributed by atoms with van der Waals surface area (Å²) in [7, 11) is 0. The van der Waals surface area contributed by atoms with Crippen molar-refractivity contribution >= 4 is 27.2 Å². The van der Waals surface area contributed by atoms with Crippen LogP contribution in [0.2, 0.25) is 0 Å². The zero-order chi connectivity index (χ0) is 11.8. The fraction of sp³-hybridized carbons (Fsp3) is 0. The van der Waals surface area contributed by atoms with Crippen molar-refractivity contribution in [2.75, 3.05) is 0 Å². The summed E-state index contributed by atoms with van der Waals surface area (Å²) in [6, 6.07) is 15.2. The Morgan fingerprint density at radius 3 is 2.41 bits per heavy atom. The highest BCUT2D eigenvalue weighted by atomic mass is 16.3. The summed E-state index contributed by atoms with van der Waals surface area (Å²) in [5.74, 6) is 0.00996. The van der Waals surface area contributed by atoms with E-state index in [0.717, 1.165) is 16.2 Å². The van der Waals surface area contributed by atoms with Gasteiger partial charge in [0.1, 0.15) is 0 Å². The number of aromatic hydroxyl groups is 1. The first-order chi connectivity index (χ1) is 8.31. The molecule has 0 spiro atoms. The molecule has 0 aliphatic rings. The number of rotatable bonds is 0. The molecule has 17 heavy (non-hydrogen) atoms. The molecule has 0 aromatic heterocycles. The predicted molar refractivity (Wildman–Crippen MR) is 67.9 cm³/mol. The average Bonchev–Trinajstić information content (AvgIpc) is 2.39. The summed E-state index contributed by atoms with van der Waals surface area (Å²) < 4.78 is 0. The summed E-state index contributed by atoms with van der Waals surface area (Å²) in [4.78, 5) is 3.05. The maximum Gasteiger partial charge on any atom is 0.426 e. The smallest absolute Gasteiger partial charge is 0.426 e. The maximum absolute atomic E-state index is 9.96. The molecule has 0 saturated heterocycles. The van der Waals surface area contributed by atoms with Crippen LogP contribution < -0.4 is 0 Å². The highest BCUT2D eigenvalue weighted by Crippen LogP contribution is 2.37. The normalized spacial score (nSPS) is 10.5. The van der Waals surface area contributed by atoms with Crippen molar-refractivity contribution in [3.63, 3.8) is 0 Å². The van der Waals surface area contributed by atoms with Gasteiger partial charge in [-0.05, 0) is 28.3 Å². The van der Waals surface area contributed by atoms with Gasteiger partial charge in [0.2, 0.25) is 11.1 Å². The lowest BCUT2D eigenvalue weighted by Crippen LogP contribution is -1.78. The molecular formula is C14H9N2O+. The van der Waals surface area contributed by atoms with Crippen LogP contribution in [0.25, 0.3) is 26.5 Å². The second-order valence-corrected chi connectivity index (χ2v) is 3.92. The molecule has 0 aliphatic carbocycles. The fourth-order valence-corrected chi connectivity index (χ4v) is 2.14. The van der Waals surface area contributed by atoms with Crippen LogP contribution in [0.4, 0.5) is 5.69 Å². The van der Waals surface area contributed by atoms with E-state index in [1.807, 2.05) is 42.5 Å². The summed E-state index contributed by atoms with van der Waals surface area (Å²) in [5, 5.41) is 22.5. The second kappa shape index (κ2) is 3.46. The Morgan fingerprint density at radius 1 is 0.824 bits per heavy atom. The fourth-order valence-electron chi connectivity index (χ4n) is 2.14. The predicted octanol–water partition coefficient (Wildman–Crippen LogP) is 4.18. The lowest BCUT2D eigenvalue weighted by atomic mass is 10.0. The molecule has 0 unspecified atom stereocenters. The first-order valence-electron chi connectivity index (χ1n) is 5.30. The summed E-state index contributed by atoms with van der Waals surface area (Å²) in [6.45, 7) is 0. The zero-order valence-corrected chi connectivity index (χ0v) is 8.96. The molecule has 0 aliphatic heterocycles. The van der Waals surface area contributed by atoms with E-state index in [2.05, 4.69) is 4.98 Å². The average molecular weight is 221 g/mol. The monoisotopic (exact) mass is 221 g/mol. The van der Waals surface area contributed by atoms with E-state index in [1.165, 1.54) is 0 Å². The minimum absolute atomic E-state index is 0.00996. The molecule has 3 rings (SSSR count). The van der Waals surface area contributed by atoms with Crippen molar-refractivity contribution in [2.45, 2.75) is 0 Å². The molecule has 1 N–H and O–H groups in total. The molecule has 3 aromatic carbocycles. The van der Waals surface area contributed by atoms with Crippen molar-refractivity contribution in [2.24, 2.45) is 0 Å². The highest BCUT2D eigenvalue weighted by molar-refractivity contribution is 6.10. The zero-order valence-electron chi connectivity index (χ0n) is 8.96. The van der Waals surface area contributed by atoms with Gasteiger partial charge >= 0.3 is 5.69 Å². The Hall–Kier alpha value is -2.60. The number of phenolic OH excluding ortho intramolecular Hbond substituents is 1. The Bertz CT molecular complexity index is 772. The Morgan fingerprint density at radius 2 is 1.59 bits per heavy atom. The summed E-state index contributed by atoms with van der Waals surface area (Å²) >= 11 is 0. The van der Waals surface area contributed by atoms with Crippen LogP contribution >= 0.6 is 0 Å². The number of nitrogens with zero attached hydrogens (tertiary/aromatic N) is 2. The Balaban J connectivity index is 2.54. The molecule has 0 amide bonds. The van der Waals surface area contributed by atoms with Crippen LogP contribution in [-0.4, -0.2) is 5.11 Å². The van der Waals surface area contributed by atoms with Gasteiger partial charge < -0.3 is 5.11 Å². The molecule has 80 valence electrons. The van der Waals surface area contributed by atoms with E-state index in [9.17, 15) is 5.11 Å². The third-order valence-electron chi connectivity index (χ3n) is 2.98. The molecule has 0 bridgehead atoms. The van der Waals surface area contributed by atoms with Crippen LogP contribution in [-0.2, 0) is 0 Å². The Labute approximate surface area is 97.5 Å². The Kier molecular flexibility index (Phi) is 1.96. The van der Waals surface area contributed by atoms with E-state index in [4.69, 9.17) is 5.39 Å². The lowest BCUT2D eigenvalue weighted by molar-refractivity contribution is 0.484. The molecular weight excluding hydrogens is 212 g/mol. The quantitative estimate of drug-likeness (QED) is 0.457.